The number of piperidine rings is 1. The summed E-state index contributed by atoms with van der Waals surface area (Å²) in [5.41, 5.74) is 0.528. The Labute approximate surface area is 138 Å². The molecule has 0 aromatic carbocycles. The van der Waals surface area contributed by atoms with Crippen molar-refractivity contribution in [2.75, 3.05) is 13.1 Å². The third-order valence-electron chi connectivity index (χ3n) is 4.90. The quantitative estimate of drug-likeness (QED) is 0.814. The number of amides is 1. The van der Waals surface area contributed by atoms with Gasteiger partial charge in [-0.3, -0.25) is 19.3 Å². The van der Waals surface area contributed by atoms with Gasteiger partial charge in [0, 0.05) is 26.1 Å². The normalized spacial score (nSPS) is 23.9. The highest BCUT2D eigenvalue weighted by Gasteiger charge is 2.51. The third kappa shape index (κ3) is 3.16. The van der Waals surface area contributed by atoms with Crippen LogP contribution in [0.1, 0.15) is 41.4 Å². The van der Waals surface area contributed by atoms with Crippen molar-refractivity contribution < 1.29 is 19.5 Å². The van der Waals surface area contributed by atoms with Crippen molar-refractivity contribution in [3.63, 3.8) is 0 Å². The van der Waals surface area contributed by atoms with Gasteiger partial charge in [-0.25, -0.2) is 0 Å². The lowest BCUT2D eigenvalue weighted by atomic mass is 9.77. The molecule has 0 bridgehead atoms. The second kappa shape index (κ2) is 6.05. The van der Waals surface area contributed by atoms with E-state index < -0.39 is 17.4 Å². The van der Waals surface area contributed by atoms with Gasteiger partial charge in [-0.2, -0.15) is 0 Å². The Kier molecular flexibility index (Phi) is 4.25. The van der Waals surface area contributed by atoms with E-state index >= 15 is 0 Å². The number of aliphatic carboxylic acids is 1. The van der Waals surface area contributed by atoms with Crippen LogP contribution in [0.15, 0.2) is 11.4 Å². The number of carbonyl (C=O) groups is 3. The molecule has 0 saturated carbocycles. The molecule has 1 aromatic rings. The molecule has 6 nitrogen and oxygen atoms in total. The summed E-state index contributed by atoms with van der Waals surface area (Å²) in [5, 5.41) is 14.3. The summed E-state index contributed by atoms with van der Waals surface area (Å²) in [4.78, 5) is 37.4. The maximum absolute atomic E-state index is 11.7. The minimum absolute atomic E-state index is 0.0804. The van der Waals surface area contributed by atoms with Crippen molar-refractivity contribution in [3.05, 3.63) is 21.9 Å². The van der Waals surface area contributed by atoms with E-state index in [4.69, 9.17) is 0 Å². The number of carboxylic acid groups (broad SMARTS) is 1. The molecular weight excluding hydrogens is 316 g/mol. The molecule has 1 spiro atoms. The Balaban J connectivity index is 1.62. The zero-order valence-corrected chi connectivity index (χ0v) is 13.8. The fourth-order valence-corrected chi connectivity index (χ4v) is 4.41. The lowest BCUT2D eigenvalue weighted by Crippen LogP contribution is -2.55. The number of nitrogens with zero attached hydrogens (tertiary/aromatic N) is 1. The summed E-state index contributed by atoms with van der Waals surface area (Å²) >= 11 is 1.46. The van der Waals surface area contributed by atoms with Crippen molar-refractivity contribution >= 4 is 29.0 Å². The molecule has 0 unspecified atom stereocenters. The minimum atomic E-state index is -0.888. The summed E-state index contributed by atoms with van der Waals surface area (Å²) in [6, 6.07) is 1.93. The van der Waals surface area contributed by atoms with Crippen LogP contribution in [0.3, 0.4) is 0 Å². The first kappa shape index (κ1) is 16.1. The molecular formula is C16H20N2O4S. The summed E-state index contributed by atoms with van der Waals surface area (Å²) in [6.07, 6.45) is 1.39. The van der Waals surface area contributed by atoms with Crippen LogP contribution in [0.4, 0.5) is 0 Å². The van der Waals surface area contributed by atoms with Crippen LogP contribution in [0.5, 0.6) is 0 Å². The van der Waals surface area contributed by atoms with Crippen molar-refractivity contribution in [1.82, 2.24) is 10.2 Å². The molecule has 23 heavy (non-hydrogen) atoms. The van der Waals surface area contributed by atoms with Gasteiger partial charge in [0.25, 0.3) is 0 Å². The van der Waals surface area contributed by atoms with E-state index in [2.05, 4.69) is 10.2 Å². The molecule has 2 fully saturated rings. The molecule has 0 aliphatic carbocycles. The van der Waals surface area contributed by atoms with Crippen LogP contribution in [0, 0.1) is 5.92 Å². The Morgan fingerprint density at radius 3 is 2.70 bits per heavy atom. The second-order valence-electron chi connectivity index (χ2n) is 6.45. The molecule has 124 valence electrons. The largest absolute Gasteiger partial charge is 0.481 e. The highest BCUT2D eigenvalue weighted by molar-refractivity contribution is 7.12. The first-order valence-electron chi connectivity index (χ1n) is 7.74. The highest BCUT2D eigenvalue weighted by atomic mass is 32.1. The van der Waals surface area contributed by atoms with Gasteiger partial charge in [0.1, 0.15) is 0 Å². The zero-order chi connectivity index (χ0) is 16.6. The average Bonchev–Trinajstić information content (AvgIpc) is 3.07. The number of carboxylic acids is 1. The van der Waals surface area contributed by atoms with Gasteiger partial charge in [-0.05, 0) is 36.8 Å². The lowest BCUT2D eigenvalue weighted by molar-refractivity contribution is -0.144. The molecule has 1 amide bonds. The van der Waals surface area contributed by atoms with Crippen molar-refractivity contribution in [2.24, 2.45) is 5.92 Å². The summed E-state index contributed by atoms with van der Waals surface area (Å²) in [5.74, 6) is -1.59. The molecule has 3 heterocycles. The van der Waals surface area contributed by atoms with Crippen molar-refractivity contribution in [3.8, 4) is 0 Å². The fraction of sp³-hybridized carbons (Fsp3) is 0.562. The van der Waals surface area contributed by atoms with E-state index in [1.165, 1.54) is 11.3 Å². The third-order valence-corrected chi connectivity index (χ3v) is 5.98. The number of nitrogens with one attached hydrogen (secondary N) is 1. The molecule has 2 aliphatic heterocycles. The van der Waals surface area contributed by atoms with E-state index in [1.54, 1.807) is 6.92 Å². The molecule has 2 aliphatic rings. The molecule has 0 radical (unpaired) electrons. The number of carbonyl (C=O) groups excluding carboxylic acids is 2. The van der Waals surface area contributed by atoms with E-state index in [9.17, 15) is 19.5 Å². The number of hydrogen-bond acceptors (Lipinski definition) is 5. The number of likely N-dealkylation sites (tertiary alicyclic amines) is 1. The molecule has 3 rings (SSSR count). The van der Waals surface area contributed by atoms with E-state index in [-0.39, 0.29) is 18.1 Å². The van der Waals surface area contributed by atoms with Gasteiger partial charge >= 0.3 is 5.97 Å². The molecule has 1 atom stereocenters. The number of hydrogen-bond donors (Lipinski definition) is 2. The highest BCUT2D eigenvalue weighted by Crippen LogP contribution is 2.37. The van der Waals surface area contributed by atoms with Crippen LogP contribution in [-0.4, -0.2) is 46.3 Å². The monoisotopic (exact) mass is 336 g/mol. The van der Waals surface area contributed by atoms with Gasteiger partial charge in [0.15, 0.2) is 5.78 Å². The van der Waals surface area contributed by atoms with Gasteiger partial charge in [0.05, 0.1) is 16.3 Å². The lowest BCUT2D eigenvalue weighted by Gasteiger charge is -2.41. The van der Waals surface area contributed by atoms with Crippen LogP contribution in [0.25, 0.3) is 0 Å². The van der Waals surface area contributed by atoms with E-state index in [1.807, 2.05) is 11.4 Å². The van der Waals surface area contributed by atoms with Gasteiger partial charge < -0.3 is 10.4 Å². The Morgan fingerprint density at radius 1 is 1.43 bits per heavy atom. The SMILES string of the molecule is CC(=O)c1cc(CN2CCC3(CC2)NC(=O)C[C@@H]3C(=O)O)cs1. The Hall–Kier alpha value is -1.73. The van der Waals surface area contributed by atoms with E-state index in [0.29, 0.717) is 12.8 Å². The summed E-state index contributed by atoms with van der Waals surface area (Å²) in [7, 11) is 0. The maximum atomic E-state index is 11.7. The molecule has 2 saturated heterocycles. The summed E-state index contributed by atoms with van der Waals surface area (Å²) in [6.45, 7) is 3.81. The van der Waals surface area contributed by atoms with Gasteiger partial charge in [0.2, 0.25) is 5.91 Å². The Morgan fingerprint density at radius 2 is 2.13 bits per heavy atom. The topological polar surface area (TPSA) is 86.7 Å². The van der Waals surface area contributed by atoms with Crippen molar-refractivity contribution in [1.29, 1.82) is 0 Å². The number of thiophene rings is 1. The van der Waals surface area contributed by atoms with Crippen LogP contribution in [0.2, 0.25) is 0 Å². The standard InChI is InChI=1S/C16H20N2O4S/c1-10(19)13-6-11(9-23-13)8-18-4-2-16(3-5-18)12(15(21)22)7-14(20)17-16/h6,9,12H,2-5,7-8H2,1H3,(H,17,20)(H,21,22)/t12-/m1/s1. The van der Waals surface area contributed by atoms with E-state index in [0.717, 1.165) is 30.1 Å². The first-order valence-corrected chi connectivity index (χ1v) is 8.62. The van der Waals surface area contributed by atoms with Crippen molar-refractivity contribution in [2.45, 2.75) is 38.3 Å². The Bertz CT molecular complexity index is 646. The van der Waals surface area contributed by atoms with Gasteiger partial charge in [-0.15, -0.1) is 11.3 Å². The van der Waals surface area contributed by atoms with Crippen LogP contribution >= 0.6 is 11.3 Å². The number of rotatable bonds is 4. The smallest absolute Gasteiger partial charge is 0.309 e. The average molecular weight is 336 g/mol. The maximum Gasteiger partial charge on any atom is 0.309 e. The predicted octanol–water partition coefficient (Wildman–Crippen LogP) is 1.51. The molecule has 2 N–H and O–H groups in total. The first-order chi connectivity index (χ1) is 10.9. The zero-order valence-electron chi connectivity index (χ0n) is 13.0. The van der Waals surface area contributed by atoms with Gasteiger partial charge in [-0.1, -0.05) is 0 Å². The second-order valence-corrected chi connectivity index (χ2v) is 7.36. The molecule has 7 heteroatoms. The summed E-state index contributed by atoms with van der Waals surface area (Å²) < 4.78 is 0. The fourth-order valence-electron chi connectivity index (χ4n) is 3.61. The minimum Gasteiger partial charge on any atom is -0.481 e. The number of Topliss-reactive ketones (excluding diaryl/α,β-unsaturated/α-hetero) is 1. The predicted molar refractivity (Wildman–Crippen MR) is 85.5 cm³/mol. The number of ketones is 1. The van der Waals surface area contributed by atoms with Crippen LogP contribution in [-0.2, 0) is 16.1 Å². The molecule has 1 aromatic heterocycles. The van der Waals surface area contributed by atoms with Crippen LogP contribution < -0.4 is 5.32 Å².